The largest absolute Gasteiger partial charge is 0.496 e. The summed E-state index contributed by atoms with van der Waals surface area (Å²) >= 11 is 6.24. The molecule has 0 fully saturated rings. The molecule has 4 rings (SSSR count). The van der Waals surface area contributed by atoms with Gasteiger partial charge in [0.15, 0.2) is 5.82 Å². The van der Waals surface area contributed by atoms with Gasteiger partial charge in [0.05, 0.1) is 31.2 Å². The van der Waals surface area contributed by atoms with Crippen molar-refractivity contribution in [3.05, 3.63) is 74.4 Å². The third kappa shape index (κ3) is 6.43. The number of nitrogens with two attached hydrogens (primary N) is 1. The molecule has 2 atom stereocenters. The van der Waals surface area contributed by atoms with Crippen LogP contribution in [0, 0.1) is 5.92 Å². The molecule has 224 valence electrons. The van der Waals surface area contributed by atoms with Crippen molar-refractivity contribution in [3.63, 3.8) is 0 Å². The predicted molar refractivity (Wildman–Crippen MR) is 157 cm³/mol. The number of nitrogens with zero attached hydrogens (tertiary/aromatic N) is 4. The van der Waals surface area contributed by atoms with Crippen molar-refractivity contribution in [3.8, 4) is 5.75 Å². The lowest BCUT2D eigenvalue weighted by atomic mass is 9.97. The second-order valence-corrected chi connectivity index (χ2v) is 10.6. The van der Waals surface area contributed by atoms with Gasteiger partial charge in [0.1, 0.15) is 5.75 Å². The number of benzene rings is 2. The van der Waals surface area contributed by atoms with Gasteiger partial charge in [-0.3, -0.25) is 14.3 Å². The number of methoxy groups -OCH3 is 1. The summed E-state index contributed by atoms with van der Waals surface area (Å²) in [5, 5.41) is 17.2. The molecule has 0 saturated carbocycles. The Labute approximate surface area is 248 Å². The molecule has 3 amide bonds. The summed E-state index contributed by atoms with van der Waals surface area (Å²) in [6, 6.07) is 8.43. The van der Waals surface area contributed by atoms with Gasteiger partial charge in [-0.05, 0) is 61.2 Å². The summed E-state index contributed by atoms with van der Waals surface area (Å²) in [6.07, 6.45) is 2.31. The van der Waals surface area contributed by atoms with Crippen LogP contribution in [0.5, 0.6) is 5.75 Å². The van der Waals surface area contributed by atoms with E-state index in [0.717, 1.165) is 17.7 Å². The second-order valence-electron chi connectivity index (χ2n) is 10.2. The lowest BCUT2D eigenvalue weighted by Crippen LogP contribution is -2.47. The Morgan fingerprint density at radius 3 is 2.62 bits per heavy atom. The number of carboxylic acids is 1. The number of aryl methyl sites for hydroxylation is 1. The quantitative estimate of drug-likeness (QED) is 0.296. The Morgan fingerprint density at radius 2 is 1.98 bits per heavy atom. The van der Waals surface area contributed by atoms with Crippen LogP contribution in [0.15, 0.2) is 41.2 Å². The maximum atomic E-state index is 14.0. The molecule has 0 spiro atoms. The second kappa shape index (κ2) is 13.1. The van der Waals surface area contributed by atoms with E-state index in [9.17, 15) is 24.3 Å². The highest BCUT2D eigenvalue weighted by molar-refractivity contribution is 6.30. The van der Waals surface area contributed by atoms with Crippen LogP contribution in [0.1, 0.15) is 66.5 Å². The molecule has 13 heteroatoms. The average molecular weight is 599 g/mol. The summed E-state index contributed by atoms with van der Waals surface area (Å²) in [5.74, 6) is -1.59. The Kier molecular flexibility index (Phi) is 9.56. The van der Waals surface area contributed by atoms with E-state index in [1.54, 1.807) is 31.2 Å². The summed E-state index contributed by atoms with van der Waals surface area (Å²) in [5.41, 5.74) is 6.96. The van der Waals surface area contributed by atoms with Crippen molar-refractivity contribution in [1.29, 1.82) is 0 Å². The van der Waals surface area contributed by atoms with E-state index < -0.39 is 29.9 Å². The van der Waals surface area contributed by atoms with Crippen LogP contribution in [-0.2, 0) is 30.8 Å². The van der Waals surface area contributed by atoms with E-state index in [1.807, 2.05) is 6.92 Å². The zero-order valence-electron chi connectivity index (χ0n) is 23.8. The molecular weight excluding hydrogens is 564 g/mol. The summed E-state index contributed by atoms with van der Waals surface area (Å²) < 4.78 is 8.22. The fourth-order valence-electron chi connectivity index (χ4n) is 5.18. The summed E-state index contributed by atoms with van der Waals surface area (Å²) in [4.78, 5) is 53.4. The van der Waals surface area contributed by atoms with Crippen molar-refractivity contribution >= 4 is 35.2 Å². The Bertz CT molecular complexity index is 1550. The number of carbonyl (C=O) groups excluding carboxylic acids is 2. The Hall–Kier alpha value is -4.32. The highest BCUT2D eigenvalue weighted by Crippen LogP contribution is 2.29. The van der Waals surface area contributed by atoms with Crippen LogP contribution in [-0.4, -0.2) is 49.4 Å². The average Bonchev–Trinajstić information content (AvgIpc) is 3.18. The van der Waals surface area contributed by atoms with Crippen LogP contribution in [0.25, 0.3) is 0 Å². The number of ether oxygens (including phenoxy) is 1. The normalized spacial score (nSPS) is 15.6. The van der Waals surface area contributed by atoms with Crippen molar-refractivity contribution < 1.29 is 24.2 Å². The number of nitrogen functional groups attached to an aromatic ring is 1. The summed E-state index contributed by atoms with van der Waals surface area (Å²) in [7, 11) is 1.52. The molecule has 1 aliphatic heterocycles. The lowest BCUT2D eigenvalue weighted by molar-refractivity contribution is -0.132. The summed E-state index contributed by atoms with van der Waals surface area (Å²) in [6.45, 7) is 3.96. The molecule has 0 bridgehead atoms. The first-order valence-electron chi connectivity index (χ1n) is 13.8. The molecule has 12 nitrogen and oxygen atoms in total. The number of hydrogen-bond donors (Lipinski definition) is 3. The SMILES string of the molecule is CCCC[C@@H](NC(=O)N1Cc2nn(CC)c(=O)n2C[C@H](Cc2cc(Cl)ccc2OC)C1=O)c1ccc(C(=O)O)c(N)c1. The predicted octanol–water partition coefficient (Wildman–Crippen LogP) is 3.85. The van der Waals surface area contributed by atoms with Gasteiger partial charge in [-0.15, -0.1) is 0 Å². The first-order chi connectivity index (χ1) is 20.1. The molecule has 2 aromatic carbocycles. The number of hydrogen-bond acceptors (Lipinski definition) is 7. The fourth-order valence-corrected chi connectivity index (χ4v) is 5.37. The molecule has 0 aliphatic carbocycles. The van der Waals surface area contributed by atoms with E-state index in [1.165, 1.54) is 28.5 Å². The number of anilines is 1. The van der Waals surface area contributed by atoms with Gasteiger partial charge >= 0.3 is 17.7 Å². The maximum Gasteiger partial charge on any atom is 0.345 e. The molecule has 0 radical (unpaired) electrons. The Balaban J connectivity index is 1.70. The van der Waals surface area contributed by atoms with Gasteiger partial charge in [0.2, 0.25) is 5.91 Å². The molecule has 2 heterocycles. The molecule has 0 unspecified atom stereocenters. The smallest absolute Gasteiger partial charge is 0.345 e. The van der Waals surface area contributed by atoms with E-state index in [2.05, 4.69) is 10.4 Å². The Morgan fingerprint density at radius 1 is 1.21 bits per heavy atom. The number of urea groups is 1. The van der Waals surface area contributed by atoms with Gasteiger partial charge in [-0.25, -0.2) is 19.1 Å². The molecular formula is C29H35ClN6O6. The number of carboxylic acid groups (broad SMARTS) is 1. The monoisotopic (exact) mass is 598 g/mol. The van der Waals surface area contributed by atoms with Crippen LogP contribution in [0.2, 0.25) is 5.02 Å². The fraction of sp³-hybridized carbons (Fsp3) is 0.414. The zero-order chi connectivity index (χ0) is 30.6. The number of amides is 3. The van der Waals surface area contributed by atoms with Crippen molar-refractivity contribution in [1.82, 2.24) is 24.6 Å². The van der Waals surface area contributed by atoms with Crippen molar-refractivity contribution in [2.45, 2.75) is 65.2 Å². The van der Waals surface area contributed by atoms with Gasteiger partial charge < -0.3 is 20.9 Å². The molecule has 3 aromatic rings. The van der Waals surface area contributed by atoms with Gasteiger partial charge in [-0.2, -0.15) is 5.10 Å². The first kappa shape index (κ1) is 30.6. The van der Waals surface area contributed by atoms with E-state index >= 15 is 0 Å². The number of nitrogens with one attached hydrogen (secondary N) is 1. The van der Waals surface area contributed by atoms with Gasteiger partial charge in [-0.1, -0.05) is 37.4 Å². The number of rotatable bonds is 10. The van der Waals surface area contributed by atoms with Crippen LogP contribution in [0.4, 0.5) is 10.5 Å². The highest BCUT2D eigenvalue weighted by Gasteiger charge is 2.37. The number of aromatic carboxylic acids is 1. The number of unbranched alkanes of at least 4 members (excludes halogenated alkanes) is 1. The molecule has 4 N–H and O–H groups in total. The van der Waals surface area contributed by atoms with Crippen LogP contribution < -0.4 is 21.5 Å². The third-order valence-corrected chi connectivity index (χ3v) is 7.66. The van der Waals surface area contributed by atoms with E-state index in [-0.39, 0.29) is 36.5 Å². The number of carbonyl (C=O) groups is 3. The standard InChI is InChI=1S/C29H35ClN6O6/c1-4-6-7-23(17-8-10-21(27(38)39)22(31)14-17)32-28(40)35-16-25-33-36(5-2)29(41)34(25)15-19(26(35)37)12-18-13-20(30)9-11-24(18)42-3/h8-11,13-14,19,23H,4-7,12,15-16,31H2,1-3H3,(H,32,40)(H,38,39)/t19-,23+/m0/s1. The minimum Gasteiger partial charge on any atom is -0.496 e. The topological polar surface area (TPSA) is 162 Å². The van der Waals surface area contributed by atoms with Gasteiger partial charge in [0, 0.05) is 23.8 Å². The zero-order valence-corrected chi connectivity index (χ0v) is 24.6. The minimum atomic E-state index is -1.15. The number of aromatic nitrogens is 3. The first-order valence-corrected chi connectivity index (χ1v) is 14.2. The molecule has 1 aliphatic rings. The number of halogens is 1. The lowest BCUT2D eigenvalue weighted by Gasteiger charge is -2.27. The van der Waals surface area contributed by atoms with Gasteiger partial charge in [0.25, 0.3) is 0 Å². The molecule has 42 heavy (non-hydrogen) atoms. The van der Waals surface area contributed by atoms with Crippen LogP contribution >= 0.6 is 11.6 Å². The number of imide groups is 1. The number of fused-ring (bicyclic) bond motifs is 1. The maximum absolute atomic E-state index is 14.0. The molecule has 0 saturated heterocycles. The van der Waals surface area contributed by atoms with E-state index in [4.69, 9.17) is 22.1 Å². The van der Waals surface area contributed by atoms with Crippen LogP contribution in [0.3, 0.4) is 0 Å². The highest BCUT2D eigenvalue weighted by atomic mass is 35.5. The molecule has 1 aromatic heterocycles. The minimum absolute atomic E-state index is 0.0267. The van der Waals surface area contributed by atoms with Crippen molar-refractivity contribution in [2.75, 3.05) is 12.8 Å². The third-order valence-electron chi connectivity index (χ3n) is 7.42. The van der Waals surface area contributed by atoms with Crippen molar-refractivity contribution in [2.24, 2.45) is 5.92 Å². The van der Waals surface area contributed by atoms with E-state index in [0.29, 0.717) is 40.7 Å².